The summed E-state index contributed by atoms with van der Waals surface area (Å²) < 4.78 is 45.8. The fraction of sp³-hybridized carbons (Fsp3) is 0.0556. The Morgan fingerprint density at radius 3 is 2.64 bits per heavy atom. The summed E-state index contributed by atoms with van der Waals surface area (Å²) in [6, 6.07) is 11.3. The van der Waals surface area contributed by atoms with Crippen molar-refractivity contribution < 1.29 is 17.2 Å². The van der Waals surface area contributed by atoms with E-state index >= 15 is 0 Å². The maximum atomic E-state index is 13.2. The molecule has 0 fully saturated rings. The minimum absolute atomic E-state index is 0.201. The molecule has 4 rings (SSSR count). The molecule has 0 radical (unpaired) electrons. The molecule has 144 valence electrons. The van der Waals surface area contributed by atoms with Crippen LogP contribution >= 0.6 is 11.6 Å². The van der Waals surface area contributed by atoms with Crippen molar-refractivity contribution in [2.75, 3.05) is 21.6 Å². The summed E-state index contributed by atoms with van der Waals surface area (Å²) in [7, 11) is -3.97. The molecular formula is C18H14ClFN4O3S. The molecule has 1 aliphatic heterocycles. The number of furan rings is 1. The van der Waals surface area contributed by atoms with E-state index in [0.717, 1.165) is 18.2 Å². The standard InChI is InChI=1S/C18H14ClFN4O3S/c19-15-9-11(20)1-6-16(15)28(25,26)23-12-2-4-13(5-3-12)24-10-22-18-14(17(24)21)7-8-27-18/h1-9,21-23H,10H2. The van der Waals surface area contributed by atoms with E-state index in [2.05, 4.69) is 10.0 Å². The number of hydrogen-bond donors (Lipinski definition) is 3. The van der Waals surface area contributed by atoms with E-state index in [0.29, 0.717) is 29.5 Å². The van der Waals surface area contributed by atoms with Crippen molar-refractivity contribution in [3.05, 3.63) is 71.2 Å². The molecule has 0 bridgehead atoms. The lowest BCUT2D eigenvalue weighted by Gasteiger charge is -2.29. The van der Waals surface area contributed by atoms with Crippen molar-refractivity contribution in [1.29, 1.82) is 5.41 Å². The van der Waals surface area contributed by atoms with Crippen LogP contribution in [0.5, 0.6) is 0 Å². The highest BCUT2D eigenvalue weighted by Gasteiger charge is 2.24. The van der Waals surface area contributed by atoms with Crippen LogP contribution in [0.2, 0.25) is 5.02 Å². The zero-order chi connectivity index (χ0) is 19.9. The van der Waals surface area contributed by atoms with Gasteiger partial charge in [0.1, 0.15) is 16.5 Å². The molecule has 0 atom stereocenters. The van der Waals surface area contributed by atoms with Crippen LogP contribution in [0.1, 0.15) is 5.56 Å². The summed E-state index contributed by atoms with van der Waals surface area (Å²) >= 11 is 5.85. The van der Waals surface area contributed by atoms with Gasteiger partial charge in [0.25, 0.3) is 10.0 Å². The van der Waals surface area contributed by atoms with Crippen LogP contribution in [-0.4, -0.2) is 20.9 Å². The fourth-order valence-corrected chi connectivity index (χ4v) is 4.43. The maximum Gasteiger partial charge on any atom is 0.263 e. The van der Waals surface area contributed by atoms with Crippen LogP contribution in [0, 0.1) is 11.2 Å². The Bertz CT molecular complexity index is 1160. The largest absolute Gasteiger partial charge is 0.448 e. The first kappa shape index (κ1) is 18.3. The van der Waals surface area contributed by atoms with Gasteiger partial charge in [0.2, 0.25) is 5.88 Å². The molecule has 10 heteroatoms. The minimum atomic E-state index is -3.97. The maximum absolute atomic E-state index is 13.2. The number of sulfonamides is 1. The SMILES string of the molecule is N=C1c2ccoc2NCN1c1ccc(NS(=O)(=O)c2ccc(F)cc2Cl)cc1. The Balaban J connectivity index is 1.55. The zero-order valence-corrected chi connectivity index (χ0v) is 15.8. The van der Waals surface area contributed by atoms with Gasteiger partial charge in [-0.3, -0.25) is 10.1 Å². The summed E-state index contributed by atoms with van der Waals surface area (Å²) in [5.41, 5.74) is 1.65. The third kappa shape index (κ3) is 3.30. The molecule has 0 spiro atoms. The third-order valence-electron chi connectivity index (χ3n) is 4.20. The number of nitrogens with one attached hydrogen (secondary N) is 3. The van der Waals surface area contributed by atoms with E-state index in [-0.39, 0.29) is 15.8 Å². The highest BCUT2D eigenvalue weighted by atomic mass is 35.5. The number of nitrogens with zero attached hydrogens (tertiary/aromatic N) is 1. The lowest BCUT2D eigenvalue weighted by Crippen LogP contribution is -2.39. The van der Waals surface area contributed by atoms with Crippen molar-refractivity contribution in [3.63, 3.8) is 0 Å². The first-order chi connectivity index (χ1) is 13.3. The number of rotatable bonds is 4. The Morgan fingerprint density at radius 2 is 1.93 bits per heavy atom. The molecule has 2 aromatic carbocycles. The number of hydrogen-bond acceptors (Lipinski definition) is 5. The van der Waals surface area contributed by atoms with Crippen LogP contribution in [0.3, 0.4) is 0 Å². The average molecular weight is 421 g/mol. The summed E-state index contributed by atoms with van der Waals surface area (Å²) in [6.07, 6.45) is 1.51. The predicted octanol–water partition coefficient (Wildman–Crippen LogP) is 4.09. The summed E-state index contributed by atoms with van der Waals surface area (Å²) in [6.45, 7) is 0.343. The number of fused-ring (bicyclic) bond motifs is 1. The van der Waals surface area contributed by atoms with Crippen LogP contribution in [0.25, 0.3) is 0 Å². The molecule has 0 unspecified atom stereocenters. The van der Waals surface area contributed by atoms with Crippen LogP contribution in [0.15, 0.2) is 64.1 Å². The quantitative estimate of drug-likeness (QED) is 0.590. The van der Waals surface area contributed by atoms with E-state index in [1.165, 1.54) is 6.26 Å². The number of benzene rings is 2. The van der Waals surface area contributed by atoms with E-state index in [1.54, 1.807) is 35.2 Å². The molecule has 3 aromatic rings. The van der Waals surface area contributed by atoms with Crippen LogP contribution in [0.4, 0.5) is 21.6 Å². The van der Waals surface area contributed by atoms with Gasteiger partial charge in [0, 0.05) is 11.4 Å². The van der Waals surface area contributed by atoms with E-state index < -0.39 is 15.8 Å². The monoisotopic (exact) mass is 420 g/mol. The minimum Gasteiger partial charge on any atom is -0.448 e. The first-order valence-electron chi connectivity index (χ1n) is 8.11. The molecule has 2 heterocycles. The zero-order valence-electron chi connectivity index (χ0n) is 14.2. The topological polar surface area (TPSA) is 98.4 Å². The summed E-state index contributed by atoms with van der Waals surface area (Å²) in [5, 5.41) is 11.2. The van der Waals surface area contributed by atoms with Gasteiger partial charge in [-0.1, -0.05) is 11.6 Å². The molecule has 1 aliphatic rings. The summed E-state index contributed by atoms with van der Waals surface area (Å²) in [5.74, 6) is 0.197. The highest BCUT2D eigenvalue weighted by Crippen LogP contribution is 2.29. The Hall–Kier alpha value is -3.04. The van der Waals surface area contributed by atoms with Gasteiger partial charge >= 0.3 is 0 Å². The lowest BCUT2D eigenvalue weighted by molar-refractivity contribution is 0.577. The van der Waals surface area contributed by atoms with Gasteiger partial charge in [0.05, 0.1) is 23.5 Å². The van der Waals surface area contributed by atoms with Crippen LogP contribution < -0.4 is 14.9 Å². The summed E-state index contributed by atoms with van der Waals surface area (Å²) in [4.78, 5) is 1.50. The smallest absolute Gasteiger partial charge is 0.263 e. The molecule has 7 nitrogen and oxygen atoms in total. The number of halogens is 2. The Morgan fingerprint density at radius 1 is 1.18 bits per heavy atom. The van der Waals surface area contributed by atoms with Crippen molar-refractivity contribution in [3.8, 4) is 0 Å². The molecule has 3 N–H and O–H groups in total. The van der Waals surface area contributed by atoms with Crippen molar-refractivity contribution in [2.24, 2.45) is 0 Å². The van der Waals surface area contributed by atoms with Gasteiger partial charge in [-0.2, -0.15) is 0 Å². The molecule has 0 amide bonds. The first-order valence-corrected chi connectivity index (χ1v) is 9.97. The van der Waals surface area contributed by atoms with E-state index in [1.807, 2.05) is 0 Å². The molecule has 0 aliphatic carbocycles. The third-order valence-corrected chi connectivity index (χ3v) is 6.07. The normalized spacial score (nSPS) is 13.8. The second-order valence-electron chi connectivity index (χ2n) is 6.00. The molecular weight excluding hydrogens is 407 g/mol. The van der Waals surface area contributed by atoms with Gasteiger partial charge in [-0.15, -0.1) is 0 Å². The van der Waals surface area contributed by atoms with E-state index in [4.69, 9.17) is 21.4 Å². The van der Waals surface area contributed by atoms with Crippen molar-refractivity contribution in [1.82, 2.24) is 0 Å². The van der Waals surface area contributed by atoms with Gasteiger partial charge in [0.15, 0.2) is 0 Å². The molecule has 0 saturated carbocycles. The van der Waals surface area contributed by atoms with Crippen molar-refractivity contribution in [2.45, 2.75) is 4.90 Å². The molecule has 28 heavy (non-hydrogen) atoms. The van der Waals surface area contributed by atoms with Gasteiger partial charge < -0.3 is 14.6 Å². The highest BCUT2D eigenvalue weighted by molar-refractivity contribution is 7.92. The van der Waals surface area contributed by atoms with Crippen LogP contribution in [-0.2, 0) is 10.0 Å². The van der Waals surface area contributed by atoms with Crippen molar-refractivity contribution >= 4 is 44.7 Å². The Labute approximate surface area is 165 Å². The van der Waals surface area contributed by atoms with Gasteiger partial charge in [-0.05, 0) is 48.5 Å². The lowest BCUT2D eigenvalue weighted by atomic mass is 10.2. The van der Waals surface area contributed by atoms with E-state index in [9.17, 15) is 12.8 Å². The Kier molecular flexibility index (Phi) is 4.48. The number of amidine groups is 1. The molecule has 1 aromatic heterocycles. The second kappa shape index (κ2) is 6.84. The fourth-order valence-electron chi connectivity index (χ4n) is 2.84. The second-order valence-corrected chi connectivity index (χ2v) is 8.06. The molecule has 0 saturated heterocycles. The van der Waals surface area contributed by atoms with Gasteiger partial charge in [-0.25, -0.2) is 12.8 Å². The average Bonchev–Trinajstić information content (AvgIpc) is 3.12. The number of anilines is 3. The predicted molar refractivity (Wildman–Crippen MR) is 105 cm³/mol.